The number of hydrogen-bond acceptors (Lipinski definition) is 5. The number of nitrogens with zero attached hydrogens (tertiary/aromatic N) is 4. The molecule has 5 rings (SSSR count). The monoisotopic (exact) mass is 463 g/mol. The molecule has 0 aliphatic carbocycles. The van der Waals surface area contributed by atoms with Crippen LogP contribution in [0.25, 0.3) is 22.6 Å². The maximum Gasteiger partial charge on any atom is 0.295 e. The number of anilines is 1. The molecule has 4 aromatic rings. The van der Waals surface area contributed by atoms with Crippen molar-refractivity contribution >= 4 is 16.5 Å². The van der Waals surface area contributed by atoms with E-state index >= 15 is 0 Å². The number of benzene rings is 1. The molecule has 8 heteroatoms. The van der Waals surface area contributed by atoms with Gasteiger partial charge in [-0.2, -0.15) is 0 Å². The summed E-state index contributed by atoms with van der Waals surface area (Å²) in [5.41, 5.74) is 6.39. The molecule has 1 N–H and O–H groups in total. The third kappa shape index (κ3) is 3.83. The van der Waals surface area contributed by atoms with Gasteiger partial charge in [-0.3, -0.25) is 9.48 Å². The molecule has 1 aliphatic heterocycles. The zero-order chi connectivity index (χ0) is 23.1. The normalized spacial score (nSPS) is 15.9. The summed E-state index contributed by atoms with van der Waals surface area (Å²) in [5.74, 6) is 0. The fraction of sp³-hybridized carbons (Fsp3) is 0.360. The Kier molecular flexibility index (Phi) is 5.72. The molecule has 7 nitrogen and oxygen atoms in total. The van der Waals surface area contributed by atoms with Gasteiger partial charge in [0.25, 0.3) is 5.56 Å². The average Bonchev–Trinajstić information content (AvgIpc) is 3.58. The van der Waals surface area contributed by atoms with Gasteiger partial charge in [0.05, 0.1) is 23.2 Å². The summed E-state index contributed by atoms with van der Waals surface area (Å²) in [6, 6.07) is 11.9. The first kappa shape index (κ1) is 21.7. The number of ether oxygens (including phenoxy) is 1. The van der Waals surface area contributed by atoms with Gasteiger partial charge < -0.3 is 14.6 Å². The number of aromatic nitrogens is 4. The molecule has 0 saturated carbocycles. The van der Waals surface area contributed by atoms with E-state index in [0.717, 1.165) is 65.2 Å². The van der Waals surface area contributed by atoms with Gasteiger partial charge in [0.1, 0.15) is 5.69 Å². The van der Waals surface area contributed by atoms with Crippen LogP contribution in [0, 0.1) is 20.8 Å². The van der Waals surface area contributed by atoms with Crippen molar-refractivity contribution in [3.8, 4) is 22.6 Å². The van der Waals surface area contributed by atoms with Crippen molar-refractivity contribution in [3.63, 3.8) is 0 Å². The lowest BCUT2D eigenvalue weighted by molar-refractivity contribution is 0.120. The van der Waals surface area contributed by atoms with Gasteiger partial charge in [-0.25, -0.2) is 9.67 Å². The minimum absolute atomic E-state index is 0.0354. The van der Waals surface area contributed by atoms with E-state index in [0.29, 0.717) is 5.69 Å². The Morgan fingerprint density at radius 2 is 1.97 bits per heavy atom. The van der Waals surface area contributed by atoms with Crippen LogP contribution < -0.4 is 10.9 Å². The zero-order valence-corrected chi connectivity index (χ0v) is 20.3. The zero-order valence-electron chi connectivity index (χ0n) is 19.5. The van der Waals surface area contributed by atoms with Gasteiger partial charge in [0.15, 0.2) is 5.13 Å². The van der Waals surface area contributed by atoms with E-state index in [-0.39, 0.29) is 11.7 Å². The topological polar surface area (TPSA) is 66.0 Å². The molecule has 1 unspecified atom stereocenters. The first-order chi connectivity index (χ1) is 16.0. The third-order valence-electron chi connectivity index (χ3n) is 6.46. The lowest BCUT2D eigenvalue weighted by Crippen LogP contribution is -2.21. The van der Waals surface area contributed by atoms with Gasteiger partial charge in [-0.15, -0.1) is 11.3 Å². The van der Waals surface area contributed by atoms with Crippen LogP contribution in [0.5, 0.6) is 0 Å². The maximum absolute atomic E-state index is 13.6. The number of thiazole rings is 1. The quantitative estimate of drug-likeness (QED) is 0.454. The second-order valence-electron chi connectivity index (χ2n) is 8.58. The predicted molar refractivity (Wildman–Crippen MR) is 133 cm³/mol. The Labute approximate surface area is 197 Å². The summed E-state index contributed by atoms with van der Waals surface area (Å²) in [5, 5.41) is 6.38. The maximum atomic E-state index is 13.6. The van der Waals surface area contributed by atoms with Crippen molar-refractivity contribution in [1.29, 1.82) is 0 Å². The van der Waals surface area contributed by atoms with E-state index in [1.807, 2.05) is 55.9 Å². The molecule has 0 bridgehead atoms. The van der Waals surface area contributed by atoms with E-state index in [1.165, 1.54) is 0 Å². The molecule has 0 amide bonds. The first-order valence-electron chi connectivity index (χ1n) is 11.3. The third-order valence-corrected chi connectivity index (χ3v) is 7.26. The van der Waals surface area contributed by atoms with Gasteiger partial charge in [-0.1, -0.05) is 18.2 Å². The molecular weight excluding hydrogens is 434 g/mol. The van der Waals surface area contributed by atoms with Crippen LogP contribution in [-0.2, 0) is 11.8 Å². The molecule has 3 aromatic heterocycles. The molecular formula is C25H29N5O2S. The molecule has 1 fully saturated rings. The highest BCUT2D eigenvalue weighted by Crippen LogP contribution is 2.32. The molecule has 172 valence electrons. The van der Waals surface area contributed by atoms with Crippen LogP contribution in [0.1, 0.15) is 29.9 Å². The van der Waals surface area contributed by atoms with Crippen molar-refractivity contribution in [3.05, 3.63) is 69.2 Å². The summed E-state index contributed by atoms with van der Waals surface area (Å²) in [7, 11) is 1.93. The summed E-state index contributed by atoms with van der Waals surface area (Å²) in [6.07, 6.45) is 2.51. The Bertz CT molecular complexity index is 1340. The molecule has 33 heavy (non-hydrogen) atoms. The Hall–Kier alpha value is -3.10. The van der Waals surface area contributed by atoms with E-state index < -0.39 is 0 Å². The van der Waals surface area contributed by atoms with Gasteiger partial charge in [-0.05, 0) is 51.8 Å². The van der Waals surface area contributed by atoms with Crippen molar-refractivity contribution in [2.24, 2.45) is 7.05 Å². The largest absolute Gasteiger partial charge is 0.376 e. The van der Waals surface area contributed by atoms with Crippen molar-refractivity contribution < 1.29 is 4.74 Å². The number of rotatable bonds is 6. The summed E-state index contributed by atoms with van der Waals surface area (Å²) in [6.45, 7) is 7.73. The molecule has 4 heterocycles. The lowest BCUT2D eigenvalue weighted by Gasteiger charge is -2.09. The SMILES string of the molecule is Cc1cc(-c2csc(NCC3CCCO3)n2)c(C)n1-c1c(C)n(C)n(-c2ccccc2)c1=O. The fourth-order valence-electron chi connectivity index (χ4n) is 4.66. The van der Waals surface area contributed by atoms with Crippen molar-refractivity contribution in [2.45, 2.75) is 39.7 Å². The number of aryl methyl sites for hydroxylation is 1. The van der Waals surface area contributed by atoms with E-state index in [1.54, 1.807) is 16.0 Å². The molecule has 1 saturated heterocycles. The van der Waals surface area contributed by atoms with Crippen LogP contribution in [0.4, 0.5) is 5.13 Å². The minimum Gasteiger partial charge on any atom is -0.376 e. The molecule has 1 aromatic carbocycles. The van der Waals surface area contributed by atoms with Crippen LogP contribution in [-0.4, -0.2) is 38.2 Å². The second-order valence-corrected chi connectivity index (χ2v) is 9.44. The average molecular weight is 464 g/mol. The highest BCUT2D eigenvalue weighted by Gasteiger charge is 2.23. The lowest BCUT2D eigenvalue weighted by atomic mass is 10.2. The number of nitrogens with one attached hydrogen (secondary N) is 1. The molecule has 1 atom stereocenters. The van der Waals surface area contributed by atoms with E-state index in [2.05, 4.69) is 28.3 Å². The smallest absolute Gasteiger partial charge is 0.295 e. The summed E-state index contributed by atoms with van der Waals surface area (Å²) < 4.78 is 11.4. The Balaban J connectivity index is 1.50. The standard InChI is InChI=1S/C25H29N5O2S/c1-16-13-21(22-15-33-25(27-22)26-14-20-11-8-12-32-20)17(2)29(16)23-18(3)28(4)30(24(23)31)19-9-6-5-7-10-19/h5-7,9-10,13,15,20H,8,11-12,14H2,1-4H3,(H,26,27). The van der Waals surface area contributed by atoms with Crippen molar-refractivity contribution in [2.75, 3.05) is 18.5 Å². The van der Waals surface area contributed by atoms with Crippen LogP contribution in [0.15, 0.2) is 46.6 Å². The number of hydrogen-bond donors (Lipinski definition) is 1. The number of para-hydroxylation sites is 1. The molecule has 0 spiro atoms. The van der Waals surface area contributed by atoms with Gasteiger partial charge in [0.2, 0.25) is 0 Å². The van der Waals surface area contributed by atoms with Crippen LogP contribution in [0.3, 0.4) is 0 Å². The molecule has 1 aliphatic rings. The Morgan fingerprint density at radius 1 is 1.18 bits per heavy atom. The summed E-state index contributed by atoms with van der Waals surface area (Å²) in [4.78, 5) is 18.4. The highest BCUT2D eigenvalue weighted by molar-refractivity contribution is 7.14. The summed E-state index contributed by atoms with van der Waals surface area (Å²) >= 11 is 1.60. The van der Waals surface area contributed by atoms with E-state index in [4.69, 9.17) is 9.72 Å². The molecule has 0 radical (unpaired) electrons. The first-order valence-corrected chi connectivity index (χ1v) is 12.2. The Morgan fingerprint density at radius 3 is 2.70 bits per heavy atom. The van der Waals surface area contributed by atoms with Crippen LogP contribution >= 0.6 is 11.3 Å². The van der Waals surface area contributed by atoms with Gasteiger partial charge in [0, 0.05) is 42.5 Å². The minimum atomic E-state index is -0.0354. The fourth-order valence-corrected chi connectivity index (χ4v) is 5.38. The van der Waals surface area contributed by atoms with E-state index in [9.17, 15) is 4.79 Å². The highest BCUT2D eigenvalue weighted by atomic mass is 32.1. The van der Waals surface area contributed by atoms with Crippen LogP contribution in [0.2, 0.25) is 0 Å². The van der Waals surface area contributed by atoms with Gasteiger partial charge >= 0.3 is 0 Å². The second kappa shape index (κ2) is 8.68. The van der Waals surface area contributed by atoms with Crippen molar-refractivity contribution in [1.82, 2.24) is 18.9 Å². The predicted octanol–water partition coefficient (Wildman–Crippen LogP) is 4.61.